The number of hydrogen-bond donors (Lipinski definition) is 1. The molecule has 9 nitrogen and oxygen atoms in total. The van der Waals surface area contributed by atoms with Gasteiger partial charge < -0.3 is 28.5 Å². The van der Waals surface area contributed by atoms with Gasteiger partial charge in [-0.15, -0.1) is 0 Å². The fraction of sp³-hybridized carbons (Fsp3) is 0.738. The molecular weight excluding hydrogens is 1100 g/mol. The van der Waals surface area contributed by atoms with Crippen molar-refractivity contribution in [1.29, 1.82) is 0 Å². The fourth-order valence-electron chi connectivity index (χ4n) is 10.4. The number of nitrogens with zero attached hydrogens (tertiary/aromatic N) is 1. The first-order valence-electron chi connectivity index (χ1n) is 37.1. The molecule has 0 amide bonds. The van der Waals surface area contributed by atoms with Gasteiger partial charge in [0.15, 0.2) is 6.10 Å². The van der Waals surface area contributed by atoms with Crippen LogP contribution in [0.5, 0.6) is 0 Å². The van der Waals surface area contributed by atoms with E-state index in [0.717, 1.165) is 96.3 Å². The first-order valence-corrected chi connectivity index (χ1v) is 37.1. The Hall–Kier alpha value is -4.05. The van der Waals surface area contributed by atoms with Gasteiger partial charge in [0.25, 0.3) is 6.29 Å². The number of carbonyl (C=O) groups is 3. The van der Waals surface area contributed by atoms with Gasteiger partial charge in [-0.05, 0) is 96.3 Å². The molecule has 2 atom stereocenters. The van der Waals surface area contributed by atoms with Crippen LogP contribution in [0.1, 0.15) is 322 Å². The van der Waals surface area contributed by atoms with Crippen LogP contribution in [0.2, 0.25) is 0 Å². The highest BCUT2D eigenvalue weighted by Crippen LogP contribution is 2.18. The van der Waals surface area contributed by atoms with Gasteiger partial charge in [-0.1, -0.05) is 322 Å². The Kier molecular flexibility index (Phi) is 66.7. The van der Waals surface area contributed by atoms with Crippen LogP contribution < -0.4 is 0 Å². The number of carbonyl (C=O) groups excluding carboxylic acids is 2. The molecule has 0 rings (SSSR count). The van der Waals surface area contributed by atoms with Crippen molar-refractivity contribution in [3.8, 4) is 0 Å². The second kappa shape index (κ2) is 69.8. The van der Waals surface area contributed by atoms with E-state index in [2.05, 4.69) is 123 Å². The molecule has 1 N–H and O–H groups in total. The lowest BCUT2D eigenvalue weighted by molar-refractivity contribution is -0.870. The number of carboxylic acids is 1. The quantitative estimate of drug-likeness (QED) is 0.0211. The first-order chi connectivity index (χ1) is 43.6. The number of esters is 2. The lowest BCUT2D eigenvalue weighted by atomic mass is 10.0. The molecule has 9 heteroatoms. The molecule has 0 fully saturated rings. The van der Waals surface area contributed by atoms with Gasteiger partial charge >= 0.3 is 17.9 Å². The Bertz CT molecular complexity index is 1830. The van der Waals surface area contributed by atoms with Gasteiger partial charge in [-0.25, -0.2) is 4.79 Å². The van der Waals surface area contributed by atoms with Crippen molar-refractivity contribution in [3.63, 3.8) is 0 Å². The van der Waals surface area contributed by atoms with Crippen LogP contribution in [-0.4, -0.2) is 87.4 Å². The predicted molar refractivity (Wildman–Crippen MR) is 382 cm³/mol. The normalized spacial score (nSPS) is 13.3. The molecule has 0 spiro atoms. The topological polar surface area (TPSA) is 108 Å². The Balaban J connectivity index is 4.02. The molecule has 0 radical (unpaired) electrons. The minimum Gasteiger partial charge on any atom is -0.477 e. The van der Waals surface area contributed by atoms with Crippen molar-refractivity contribution in [2.45, 2.75) is 334 Å². The Morgan fingerprint density at radius 2 is 0.607 bits per heavy atom. The van der Waals surface area contributed by atoms with Gasteiger partial charge in [-0.2, -0.15) is 0 Å². The van der Waals surface area contributed by atoms with Crippen LogP contribution in [0, 0.1) is 0 Å². The Labute approximate surface area is 549 Å². The molecule has 0 aliphatic rings. The Morgan fingerprint density at radius 3 is 0.899 bits per heavy atom. The summed E-state index contributed by atoms with van der Waals surface area (Å²) in [5.74, 6) is -1.99. The van der Waals surface area contributed by atoms with Crippen molar-refractivity contribution >= 4 is 17.9 Å². The summed E-state index contributed by atoms with van der Waals surface area (Å²) < 4.78 is 23.0. The SMILES string of the molecule is CC/C=C\C/C=C\C/C=C\C/C=C\C/C=C\CCCCCCCCCCCCCCCCCCCCCCCCCC(=O)OC(COC(=O)CCCCCCCCCCCCCC/C=C\C/C=C\C/C=C\C/C=C\CC)COC(OCC[N+](C)(C)C)C(=O)O. The lowest BCUT2D eigenvalue weighted by Gasteiger charge is -2.25. The minimum atomic E-state index is -1.51. The molecular formula is C80H140NO8+. The number of hydrogen-bond acceptors (Lipinski definition) is 7. The second-order valence-corrected chi connectivity index (χ2v) is 25.8. The summed E-state index contributed by atoms with van der Waals surface area (Å²) in [4.78, 5) is 37.7. The summed E-state index contributed by atoms with van der Waals surface area (Å²) in [5.41, 5.74) is 0. The highest BCUT2D eigenvalue weighted by molar-refractivity contribution is 5.71. The highest BCUT2D eigenvalue weighted by Gasteiger charge is 2.25. The van der Waals surface area contributed by atoms with Crippen molar-refractivity contribution in [1.82, 2.24) is 0 Å². The molecule has 0 aromatic carbocycles. The number of aliphatic carboxylic acids is 1. The summed E-state index contributed by atoms with van der Waals surface area (Å²) >= 11 is 0. The maximum Gasteiger partial charge on any atom is 0.361 e. The molecule has 0 saturated heterocycles. The highest BCUT2D eigenvalue weighted by atomic mass is 16.7. The zero-order chi connectivity index (χ0) is 64.7. The third-order valence-corrected chi connectivity index (χ3v) is 16.0. The number of quaternary nitrogens is 1. The molecule has 0 bridgehead atoms. The minimum absolute atomic E-state index is 0.184. The summed E-state index contributed by atoms with van der Waals surface area (Å²) in [5, 5.41) is 9.76. The number of unbranched alkanes of at least 4 members (excludes halogenated alkanes) is 35. The maximum atomic E-state index is 13.0. The van der Waals surface area contributed by atoms with Crippen LogP contribution >= 0.6 is 0 Å². The molecule has 2 unspecified atom stereocenters. The molecule has 512 valence electrons. The van der Waals surface area contributed by atoms with E-state index in [4.69, 9.17) is 18.9 Å². The maximum absolute atomic E-state index is 13.0. The monoisotopic (exact) mass is 1240 g/mol. The number of rotatable bonds is 68. The zero-order valence-corrected chi connectivity index (χ0v) is 58.6. The molecule has 0 aliphatic carbocycles. The van der Waals surface area contributed by atoms with Gasteiger partial charge in [0.2, 0.25) is 0 Å². The van der Waals surface area contributed by atoms with E-state index in [0.29, 0.717) is 17.4 Å². The van der Waals surface area contributed by atoms with Crippen LogP contribution in [0.4, 0.5) is 0 Å². The van der Waals surface area contributed by atoms with E-state index in [-0.39, 0.29) is 32.2 Å². The standard InChI is InChI=1S/C80H139NO8/c1-6-8-10-12-14-16-18-20-22-24-26-28-30-32-33-34-35-36-37-38-39-40-41-42-43-44-45-47-49-51-53-55-57-59-61-63-65-67-69-71-78(83)89-76(75-88-80(79(84)85)86-73-72-81(3,4)5)74-87-77(82)70-68-66-64-62-60-58-56-54-52-50-48-46-31-29-27-25-23-21-19-17-15-13-11-9-7-2/h8-11,14-17,20-23,26-29,32-33,76,80H,6-7,12-13,18-19,24-25,30-31,34-75H2,1-5H3/p+1/b10-8-,11-9-,16-14-,17-15-,22-20-,23-21-,28-26-,29-27-,33-32-. The summed E-state index contributed by atoms with van der Waals surface area (Å²) in [6, 6.07) is 0. The number of ether oxygens (including phenoxy) is 4. The molecule has 0 aliphatic heterocycles. The third-order valence-electron chi connectivity index (χ3n) is 16.0. The average Bonchev–Trinajstić information content (AvgIpc) is 3.64. The van der Waals surface area contributed by atoms with E-state index < -0.39 is 24.3 Å². The molecule has 0 aromatic heterocycles. The number of carboxylic acid groups (broad SMARTS) is 1. The third kappa shape index (κ3) is 71.3. The van der Waals surface area contributed by atoms with Gasteiger partial charge in [0.1, 0.15) is 13.2 Å². The van der Waals surface area contributed by atoms with Crippen molar-refractivity contribution < 1.29 is 42.9 Å². The van der Waals surface area contributed by atoms with Crippen molar-refractivity contribution in [3.05, 3.63) is 109 Å². The zero-order valence-electron chi connectivity index (χ0n) is 58.6. The number of allylic oxidation sites excluding steroid dienone is 18. The largest absolute Gasteiger partial charge is 0.477 e. The van der Waals surface area contributed by atoms with Gasteiger partial charge in [0.05, 0.1) is 34.4 Å². The fourth-order valence-corrected chi connectivity index (χ4v) is 10.4. The molecule has 0 saturated carbocycles. The van der Waals surface area contributed by atoms with Gasteiger partial charge in [-0.3, -0.25) is 9.59 Å². The summed E-state index contributed by atoms with van der Waals surface area (Å²) in [7, 11) is 5.98. The summed E-state index contributed by atoms with van der Waals surface area (Å²) in [6.07, 6.45) is 95.1. The van der Waals surface area contributed by atoms with Crippen LogP contribution in [0.25, 0.3) is 0 Å². The van der Waals surface area contributed by atoms with Crippen molar-refractivity contribution in [2.24, 2.45) is 0 Å². The predicted octanol–water partition coefficient (Wildman–Crippen LogP) is 23.4. The van der Waals surface area contributed by atoms with E-state index in [1.54, 1.807) is 0 Å². The average molecular weight is 1240 g/mol. The van der Waals surface area contributed by atoms with E-state index >= 15 is 0 Å². The van der Waals surface area contributed by atoms with Crippen LogP contribution in [0.3, 0.4) is 0 Å². The molecule has 0 aromatic rings. The summed E-state index contributed by atoms with van der Waals surface area (Å²) in [6.45, 7) is 4.68. The number of likely N-dealkylation sites (N-methyl/N-ethyl adjacent to an activating group) is 1. The van der Waals surface area contributed by atoms with Crippen LogP contribution in [0.15, 0.2) is 109 Å². The smallest absolute Gasteiger partial charge is 0.361 e. The molecule has 89 heavy (non-hydrogen) atoms. The van der Waals surface area contributed by atoms with E-state index in [9.17, 15) is 19.5 Å². The van der Waals surface area contributed by atoms with Crippen molar-refractivity contribution in [2.75, 3.05) is 47.5 Å². The second-order valence-electron chi connectivity index (χ2n) is 25.8. The Morgan fingerprint density at radius 1 is 0.337 bits per heavy atom. The van der Waals surface area contributed by atoms with Crippen LogP contribution in [-0.2, 0) is 33.3 Å². The van der Waals surface area contributed by atoms with E-state index in [1.807, 2.05) is 21.1 Å². The lowest BCUT2D eigenvalue weighted by Crippen LogP contribution is -2.40. The van der Waals surface area contributed by atoms with Gasteiger partial charge in [0, 0.05) is 12.8 Å². The van der Waals surface area contributed by atoms with E-state index in [1.165, 1.54) is 199 Å². The first kappa shape index (κ1) is 85.0. The molecule has 0 heterocycles.